The van der Waals surface area contributed by atoms with Gasteiger partial charge in [-0.2, -0.15) is 0 Å². The van der Waals surface area contributed by atoms with Crippen LogP contribution in [0.1, 0.15) is 44.9 Å². The van der Waals surface area contributed by atoms with Gasteiger partial charge in [-0.1, -0.05) is 12.2 Å². The normalized spacial score (nSPS) is 67.7. The lowest BCUT2D eigenvalue weighted by Crippen LogP contribution is -2.38. The summed E-state index contributed by atoms with van der Waals surface area (Å²) in [7, 11) is 0. The van der Waals surface area contributed by atoms with Gasteiger partial charge in [-0.3, -0.25) is 0 Å². The van der Waals surface area contributed by atoms with E-state index in [4.69, 9.17) is 4.74 Å². The summed E-state index contributed by atoms with van der Waals surface area (Å²) in [6, 6.07) is 0. The Hall–Kier alpha value is -0.300. The van der Waals surface area contributed by atoms with Crippen molar-refractivity contribution in [3.05, 3.63) is 12.2 Å². The Balaban J connectivity index is 1.64. The largest absolute Gasteiger partial charge is 0.362 e. The van der Waals surface area contributed by atoms with Gasteiger partial charge in [0.05, 0.1) is 5.60 Å². The summed E-state index contributed by atoms with van der Waals surface area (Å²) in [5.74, 6) is 1.92. The topological polar surface area (TPSA) is 12.5 Å². The van der Waals surface area contributed by atoms with Gasteiger partial charge in [-0.05, 0) is 56.8 Å². The van der Waals surface area contributed by atoms with Crippen LogP contribution >= 0.6 is 0 Å². The molecule has 3 saturated carbocycles. The fraction of sp³-hybridized carbons (Fsp3) is 0.857. The molecule has 0 aromatic carbocycles. The maximum Gasteiger partial charge on any atom is 0.107 e. The molecule has 80 valence electrons. The summed E-state index contributed by atoms with van der Waals surface area (Å²) < 4.78 is 6.37. The number of fused-ring (bicyclic) bond motifs is 4. The highest BCUT2D eigenvalue weighted by atomic mass is 16.6. The average molecular weight is 202 g/mol. The van der Waals surface area contributed by atoms with Crippen molar-refractivity contribution in [2.24, 2.45) is 17.3 Å². The van der Waals surface area contributed by atoms with Crippen LogP contribution in [0.4, 0.5) is 0 Å². The second-order valence-electron chi connectivity index (χ2n) is 6.75. The molecule has 0 amide bonds. The molecule has 5 aliphatic rings. The zero-order chi connectivity index (χ0) is 9.73. The second-order valence-corrected chi connectivity index (χ2v) is 6.75. The highest BCUT2D eigenvalue weighted by molar-refractivity contribution is 5.37. The molecule has 1 heteroatoms. The smallest absolute Gasteiger partial charge is 0.107 e. The zero-order valence-electron chi connectivity index (χ0n) is 9.17. The standard InChI is InChI=1S/C14H18O/c1-4-12(5-2-10(1)7-12)14-9-11-3-6-13(14,8-11)15-14/h1,4,10-11H,2-3,5-9H2. The Morgan fingerprint density at radius 3 is 2.60 bits per heavy atom. The van der Waals surface area contributed by atoms with Gasteiger partial charge in [-0.25, -0.2) is 0 Å². The Morgan fingerprint density at radius 1 is 1.07 bits per heavy atom. The molecular weight excluding hydrogens is 184 g/mol. The van der Waals surface area contributed by atoms with Gasteiger partial charge in [0.25, 0.3) is 0 Å². The van der Waals surface area contributed by atoms with Crippen molar-refractivity contribution in [3.63, 3.8) is 0 Å². The van der Waals surface area contributed by atoms with Crippen LogP contribution in [-0.2, 0) is 4.74 Å². The van der Waals surface area contributed by atoms with Crippen LogP contribution in [0.2, 0.25) is 0 Å². The maximum absolute atomic E-state index is 6.37. The minimum atomic E-state index is 0.338. The van der Waals surface area contributed by atoms with Crippen LogP contribution in [-0.4, -0.2) is 11.2 Å². The van der Waals surface area contributed by atoms with Crippen LogP contribution in [0.5, 0.6) is 0 Å². The molecule has 1 heterocycles. The van der Waals surface area contributed by atoms with Crippen molar-refractivity contribution < 1.29 is 4.74 Å². The van der Waals surface area contributed by atoms with Crippen molar-refractivity contribution in [1.82, 2.24) is 0 Å². The highest BCUT2D eigenvalue weighted by Gasteiger charge is 2.83. The zero-order valence-corrected chi connectivity index (χ0v) is 9.17. The van der Waals surface area contributed by atoms with E-state index in [0.717, 1.165) is 11.8 Å². The molecule has 0 aromatic heterocycles. The van der Waals surface area contributed by atoms with E-state index < -0.39 is 0 Å². The number of allylic oxidation sites excluding steroid dienone is 1. The van der Waals surface area contributed by atoms with Crippen molar-refractivity contribution in [1.29, 1.82) is 0 Å². The molecule has 4 fully saturated rings. The van der Waals surface area contributed by atoms with Gasteiger partial charge >= 0.3 is 0 Å². The second kappa shape index (κ2) is 1.95. The van der Waals surface area contributed by atoms with Crippen LogP contribution < -0.4 is 0 Å². The first-order chi connectivity index (χ1) is 7.28. The van der Waals surface area contributed by atoms with Gasteiger partial charge in [0.2, 0.25) is 0 Å². The first-order valence-electron chi connectivity index (χ1n) is 6.67. The minimum absolute atomic E-state index is 0.338. The Morgan fingerprint density at radius 2 is 2.07 bits per heavy atom. The minimum Gasteiger partial charge on any atom is -0.362 e. The highest BCUT2D eigenvalue weighted by Crippen LogP contribution is 2.79. The Bertz CT molecular complexity index is 387. The van der Waals surface area contributed by atoms with E-state index in [0.29, 0.717) is 16.6 Å². The van der Waals surface area contributed by atoms with Gasteiger partial charge in [0.1, 0.15) is 5.60 Å². The monoisotopic (exact) mass is 202 g/mol. The summed E-state index contributed by atoms with van der Waals surface area (Å²) in [5, 5.41) is 0. The fourth-order valence-corrected chi connectivity index (χ4v) is 5.69. The number of rotatable bonds is 1. The third-order valence-electron chi connectivity index (χ3n) is 6.29. The van der Waals surface area contributed by atoms with E-state index in [9.17, 15) is 0 Å². The van der Waals surface area contributed by atoms with Crippen molar-refractivity contribution >= 4 is 0 Å². The maximum atomic E-state index is 6.37. The molecule has 4 bridgehead atoms. The van der Waals surface area contributed by atoms with Crippen molar-refractivity contribution in [2.75, 3.05) is 0 Å². The van der Waals surface area contributed by atoms with Crippen LogP contribution in [0, 0.1) is 17.3 Å². The summed E-state index contributed by atoms with van der Waals surface area (Å²) in [5.41, 5.74) is 1.21. The number of epoxide rings is 1. The molecule has 4 aliphatic carbocycles. The number of hydrogen-bond acceptors (Lipinski definition) is 1. The van der Waals surface area contributed by atoms with Gasteiger partial charge in [0.15, 0.2) is 0 Å². The average Bonchev–Trinajstić information content (AvgIpc) is 2.78. The molecule has 0 radical (unpaired) electrons. The van der Waals surface area contributed by atoms with Crippen molar-refractivity contribution in [2.45, 2.75) is 56.1 Å². The molecule has 0 N–H and O–H groups in total. The van der Waals surface area contributed by atoms with Gasteiger partial charge in [0, 0.05) is 5.41 Å². The predicted octanol–water partition coefficient (Wildman–Crippen LogP) is 3.05. The summed E-state index contributed by atoms with van der Waals surface area (Å²) >= 11 is 0. The molecule has 15 heavy (non-hydrogen) atoms. The Kier molecular flexibility index (Phi) is 1.02. The van der Waals surface area contributed by atoms with Crippen LogP contribution in [0.3, 0.4) is 0 Å². The summed E-state index contributed by atoms with van der Waals surface area (Å²) in [6.07, 6.45) is 14.9. The molecule has 1 saturated heterocycles. The lowest BCUT2D eigenvalue weighted by Gasteiger charge is -2.33. The van der Waals surface area contributed by atoms with Crippen molar-refractivity contribution in [3.8, 4) is 0 Å². The van der Waals surface area contributed by atoms with E-state index in [2.05, 4.69) is 12.2 Å². The first kappa shape index (κ1) is 7.89. The molecule has 5 rings (SSSR count). The van der Waals surface area contributed by atoms with Gasteiger partial charge < -0.3 is 4.74 Å². The molecule has 5 unspecified atom stereocenters. The molecule has 1 aliphatic heterocycles. The predicted molar refractivity (Wildman–Crippen MR) is 57.4 cm³/mol. The molecular formula is C14H18O. The lowest BCUT2D eigenvalue weighted by molar-refractivity contribution is 0.121. The Labute approximate surface area is 90.9 Å². The SMILES string of the molecule is C1=CC2(C34CC5CCC3(C5)O4)CCC1C2. The van der Waals surface area contributed by atoms with E-state index in [1.165, 1.54) is 44.9 Å². The number of hydrogen-bond donors (Lipinski definition) is 0. The van der Waals surface area contributed by atoms with E-state index in [1.54, 1.807) is 0 Å². The summed E-state index contributed by atoms with van der Waals surface area (Å²) in [6.45, 7) is 0. The summed E-state index contributed by atoms with van der Waals surface area (Å²) in [4.78, 5) is 0. The van der Waals surface area contributed by atoms with Crippen LogP contribution in [0.15, 0.2) is 12.2 Å². The number of ether oxygens (including phenoxy) is 1. The molecule has 1 spiro atoms. The lowest BCUT2D eigenvalue weighted by atomic mass is 9.67. The molecule has 1 nitrogen and oxygen atoms in total. The van der Waals surface area contributed by atoms with Crippen LogP contribution in [0.25, 0.3) is 0 Å². The molecule has 5 atom stereocenters. The van der Waals surface area contributed by atoms with E-state index in [1.807, 2.05) is 0 Å². The molecule has 0 aromatic rings. The van der Waals surface area contributed by atoms with E-state index >= 15 is 0 Å². The third kappa shape index (κ3) is 0.627. The van der Waals surface area contributed by atoms with Gasteiger partial charge in [-0.15, -0.1) is 0 Å². The third-order valence-corrected chi connectivity index (χ3v) is 6.29. The first-order valence-corrected chi connectivity index (χ1v) is 6.67. The fourth-order valence-electron chi connectivity index (χ4n) is 5.69. The quantitative estimate of drug-likeness (QED) is 0.470. The van der Waals surface area contributed by atoms with E-state index in [-0.39, 0.29) is 0 Å².